The number of aromatic nitrogens is 3. The first-order chi connectivity index (χ1) is 12.2. The van der Waals surface area contributed by atoms with Crippen LogP contribution in [-0.2, 0) is 0 Å². The van der Waals surface area contributed by atoms with Crippen LogP contribution in [-0.4, -0.2) is 65.2 Å². The van der Waals surface area contributed by atoms with Crippen molar-refractivity contribution in [1.82, 2.24) is 19.9 Å². The van der Waals surface area contributed by atoms with Crippen LogP contribution in [0.5, 0.6) is 0 Å². The van der Waals surface area contributed by atoms with Crippen LogP contribution < -0.4 is 15.5 Å². The fraction of sp³-hybridized carbons (Fsp3) is 0.588. The molecular weight excluding hydrogens is 334 g/mol. The molecule has 2 aliphatic heterocycles. The maximum atomic E-state index is 5.80. The Morgan fingerprint density at radius 1 is 1.04 bits per heavy atom. The fourth-order valence-corrected chi connectivity index (χ4v) is 4.54. The molecule has 4 heterocycles. The van der Waals surface area contributed by atoms with Crippen LogP contribution in [0.15, 0.2) is 17.6 Å². The van der Waals surface area contributed by atoms with E-state index in [1.807, 2.05) is 19.2 Å². The minimum absolute atomic E-state index is 0.371. The topological polar surface area (TPSA) is 74.4 Å². The Labute approximate surface area is 152 Å². The highest BCUT2D eigenvalue weighted by molar-refractivity contribution is 7.13. The van der Waals surface area contributed by atoms with Crippen molar-refractivity contribution in [3.63, 3.8) is 0 Å². The Balaban J connectivity index is 1.30. The van der Waals surface area contributed by atoms with Gasteiger partial charge >= 0.3 is 0 Å². The predicted molar refractivity (Wildman–Crippen MR) is 102 cm³/mol. The first kappa shape index (κ1) is 16.5. The SMILES string of the molecule is Cc1cc(N2CCC(N3CCN(c4nccs4)CC3)CC2)nc(N)n1. The van der Waals surface area contributed by atoms with Gasteiger partial charge in [0.25, 0.3) is 0 Å². The van der Waals surface area contributed by atoms with Crippen LogP contribution >= 0.6 is 11.3 Å². The van der Waals surface area contributed by atoms with Crippen molar-refractivity contribution < 1.29 is 0 Å². The number of aryl methyl sites for hydroxylation is 1. The molecule has 0 spiro atoms. The van der Waals surface area contributed by atoms with Crippen molar-refractivity contribution in [2.24, 2.45) is 0 Å². The molecule has 134 valence electrons. The molecule has 2 fully saturated rings. The van der Waals surface area contributed by atoms with E-state index in [-0.39, 0.29) is 0 Å². The molecule has 4 rings (SSSR count). The summed E-state index contributed by atoms with van der Waals surface area (Å²) in [7, 11) is 0. The lowest BCUT2D eigenvalue weighted by Crippen LogP contribution is -2.53. The summed E-state index contributed by atoms with van der Waals surface area (Å²) >= 11 is 1.73. The highest BCUT2D eigenvalue weighted by Crippen LogP contribution is 2.25. The summed E-state index contributed by atoms with van der Waals surface area (Å²) in [5.74, 6) is 1.34. The molecule has 2 N–H and O–H groups in total. The van der Waals surface area contributed by atoms with Crippen molar-refractivity contribution in [1.29, 1.82) is 0 Å². The molecule has 8 heteroatoms. The van der Waals surface area contributed by atoms with Crippen LogP contribution in [0.4, 0.5) is 16.9 Å². The molecule has 2 saturated heterocycles. The summed E-state index contributed by atoms with van der Waals surface area (Å²) in [5, 5.41) is 3.21. The van der Waals surface area contributed by atoms with Crippen LogP contribution in [0.25, 0.3) is 0 Å². The van der Waals surface area contributed by atoms with Gasteiger partial charge in [-0.1, -0.05) is 0 Å². The number of piperazine rings is 1. The predicted octanol–water partition coefficient (Wildman–Crippen LogP) is 1.61. The molecule has 25 heavy (non-hydrogen) atoms. The van der Waals surface area contributed by atoms with Gasteiger partial charge < -0.3 is 15.5 Å². The minimum atomic E-state index is 0.371. The largest absolute Gasteiger partial charge is 0.368 e. The van der Waals surface area contributed by atoms with Crippen LogP contribution in [0, 0.1) is 6.92 Å². The van der Waals surface area contributed by atoms with Crippen molar-refractivity contribution in [2.75, 3.05) is 54.8 Å². The van der Waals surface area contributed by atoms with E-state index in [1.54, 1.807) is 11.3 Å². The van der Waals surface area contributed by atoms with E-state index in [9.17, 15) is 0 Å². The second-order valence-electron chi connectivity index (χ2n) is 6.78. The zero-order valence-corrected chi connectivity index (χ0v) is 15.5. The Morgan fingerprint density at radius 2 is 1.80 bits per heavy atom. The number of rotatable bonds is 3. The van der Waals surface area contributed by atoms with Gasteiger partial charge in [0.05, 0.1) is 0 Å². The number of thiazole rings is 1. The lowest BCUT2D eigenvalue weighted by atomic mass is 10.0. The number of hydrogen-bond donors (Lipinski definition) is 1. The third kappa shape index (κ3) is 3.69. The molecule has 7 nitrogen and oxygen atoms in total. The Hall–Kier alpha value is -1.93. The average Bonchev–Trinajstić information content (AvgIpc) is 3.16. The van der Waals surface area contributed by atoms with E-state index < -0.39 is 0 Å². The van der Waals surface area contributed by atoms with Crippen molar-refractivity contribution in [3.8, 4) is 0 Å². The van der Waals surface area contributed by atoms with Crippen LogP contribution in [0.3, 0.4) is 0 Å². The van der Waals surface area contributed by atoms with Gasteiger partial charge in [0.1, 0.15) is 5.82 Å². The van der Waals surface area contributed by atoms with Gasteiger partial charge in [0.15, 0.2) is 5.13 Å². The second kappa shape index (κ2) is 7.13. The summed E-state index contributed by atoms with van der Waals surface area (Å²) in [4.78, 5) is 20.4. The zero-order valence-electron chi connectivity index (χ0n) is 14.6. The van der Waals surface area contributed by atoms with E-state index in [0.717, 1.165) is 55.9 Å². The van der Waals surface area contributed by atoms with Gasteiger partial charge in [-0.25, -0.2) is 9.97 Å². The Morgan fingerprint density at radius 3 is 2.44 bits per heavy atom. The van der Waals surface area contributed by atoms with Crippen LogP contribution in [0.2, 0.25) is 0 Å². The summed E-state index contributed by atoms with van der Waals surface area (Å²) in [6.07, 6.45) is 4.25. The van der Waals surface area contributed by atoms with Gasteiger partial charge in [0, 0.05) is 68.6 Å². The van der Waals surface area contributed by atoms with Crippen molar-refractivity contribution in [2.45, 2.75) is 25.8 Å². The van der Waals surface area contributed by atoms with E-state index in [4.69, 9.17) is 5.73 Å². The quantitative estimate of drug-likeness (QED) is 0.892. The zero-order chi connectivity index (χ0) is 17.2. The average molecular weight is 360 g/mol. The number of nitrogens with zero attached hydrogens (tertiary/aromatic N) is 6. The Kier molecular flexibility index (Phi) is 4.72. The Bertz CT molecular complexity index is 669. The highest BCUT2D eigenvalue weighted by atomic mass is 32.1. The van der Waals surface area contributed by atoms with Crippen molar-refractivity contribution >= 4 is 28.2 Å². The number of hydrogen-bond acceptors (Lipinski definition) is 8. The van der Waals surface area contributed by atoms with Gasteiger partial charge in [-0.3, -0.25) is 4.90 Å². The van der Waals surface area contributed by atoms with Gasteiger partial charge in [-0.15, -0.1) is 11.3 Å². The molecule has 0 aromatic carbocycles. The van der Waals surface area contributed by atoms with E-state index in [0.29, 0.717) is 12.0 Å². The molecular formula is C17H25N7S. The number of anilines is 3. The molecule has 0 saturated carbocycles. The molecule has 2 aromatic rings. The first-order valence-electron chi connectivity index (χ1n) is 8.93. The molecule has 0 amide bonds. The molecule has 0 radical (unpaired) electrons. The van der Waals surface area contributed by atoms with E-state index in [1.165, 1.54) is 12.8 Å². The summed E-state index contributed by atoms with van der Waals surface area (Å²) < 4.78 is 0. The lowest BCUT2D eigenvalue weighted by Gasteiger charge is -2.43. The van der Waals surface area contributed by atoms with Gasteiger partial charge in [0.2, 0.25) is 5.95 Å². The minimum Gasteiger partial charge on any atom is -0.368 e. The standard InChI is InChI=1S/C17H25N7S/c1-13-12-15(21-16(18)20-13)23-5-2-14(3-6-23)22-7-9-24(10-8-22)17-19-4-11-25-17/h4,11-12,14H,2-3,5-10H2,1H3,(H2,18,20,21). The normalized spacial score (nSPS) is 20.2. The maximum Gasteiger partial charge on any atom is 0.222 e. The summed E-state index contributed by atoms with van der Waals surface area (Å²) in [6, 6.07) is 2.71. The molecule has 0 unspecified atom stereocenters. The molecule has 2 aliphatic rings. The van der Waals surface area contributed by atoms with Crippen molar-refractivity contribution in [3.05, 3.63) is 23.3 Å². The lowest BCUT2D eigenvalue weighted by molar-refractivity contribution is 0.160. The summed E-state index contributed by atoms with van der Waals surface area (Å²) in [6.45, 7) is 8.45. The molecule has 0 bridgehead atoms. The third-order valence-electron chi connectivity index (χ3n) is 5.17. The van der Waals surface area contributed by atoms with E-state index >= 15 is 0 Å². The smallest absolute Gasteiger partial charge is 0.222 e. The second-order valence-corrected chi connectivity index (χ2v) is 7.65. The van der Waals surface area contributed by atoms with Gasteiger partial charge in [-0.2, -0.15) is 4.98 Å². The maximum absolute atomic E-state index is 5.80. The molecule has 0 aliphatic carbocycles. The fourth-order valence-electron chi connectivity index (χ4n) is 3.85. The summed E-state index contributed by atoms with van der Waals surface area (Å²) in [5.41, 5.74) is 6.73. The number of piperidine rings is 1. The monoisotopic (exact) mass is 359 g/mol. The third-order valence-corrected chi connectivity index (χ3v) is 6.00. The van der Waals surface area contributed by atoms with Gasteiger partial charge in [-0.05, 0) is 19.8 Å². The number of nitrogen functional groups attached to an aromatic ring is 1. The van der Waals surface area contributed by atoms with E-state index in [2.05, 4.69) is 35.0 Å². The first-order valence-corrected chi connectivity index (χ1v) is 9.81. The molecule has 2 aromatic heterocycles. The molecule has 0 atom stereocenters. The van der Waals surface area contributed by atoms with Crippen LogP contribution in [0.1, 0.15) is 18.5 Å². The highest BCUT2D eigenvalue weighted by Gasteiger charge is 2.28. The number of nitrogens with two attached hydrogens (primary N) is 1.